The number of halogens is 1. The van der Waals surface area contributed by atoms with Crippen LogP contribution in [0, 0.1) is 5.92 Å². The molecule has 1 fully saturated rings. The molecule has 0 amide bonds. The minimum Gasteiger partial charge on any atom is -0.493 e. The molecule has 2 N–H and O–H groups in total. The first kappa shape index (κ1) is 16.6. The summed E-state index contributed by atoms with van der Waals surface area (Å²) in [4.78, 5) is 2.35. The monoisotopic (exact) mass is 356 g/mol. The Morgan fingerprint density at radius 3 is 2.67 bits per heavy atom. The molecule has 1 aliphatic heterocycles. The standard InChI is InChI=1S/C16H25BrN2O2/c1-10(2)21-16-13(6-12(17)7-15(16)20-4)14-5-11(8-18)9-19(14)3/h6-7,10-11,14H,5,8-9,18H2,1-4H3. The fourth-order valence-corrected chi connectivity index (χ4v) is 3.44. The summed E-state index contributed by atoms with van der Waals surface area (Å²) in [6.07, 6.45) is 1.16. The molecule has 1 heterocycles. The SMILES string of the molecule is COc1cc(Br)cc(C2CC(CN)CN2C)c1OC(C)C. The van der Waals surface area contributed by atoms with Crippen molar-refractivity contribution in [1.82, 2.24) is 4.90 Å². The Kier molecular flexibility index (Phi) is 5.52. The van der Waals surface area contributed by atoms with Gasteiger partial charge in [0.2, 0.25) is 0 Å². The lowest BCUT2D eigenvalue weighted by Gasteiger charge is -2.25. The van der Waals surface area contributed by atoms with Crippen molar-refractivity contribution < 1.29 is 9.47 Å². The normalized spacial score (nSPS) is 22.8. The Bertz CT molecular complexity index is 493. The van der Waals surface area contributed by atoms with Crippen molar-refractivity contribution in [3.05, 3.63) is 22.2 Å². The van der Waals surface area contributed by atoms with Gasteiger partial charge in [-0.15, -0.1) is 0 Å². The quantitative estimate of drug-likeness (QED) is 0.879. The zero-order chi connectivity index (χ0) is 15.6. The molecule has 0 bridgehead atoms. The number of methoxy groups -OCH3 is 1. The minimum absolute atomic E-state index is 0.107. The highest BCUT2D eigenvalue weighted by molar-refractivity contribution is 9.10. The summed E-state index contributed by atoms with van der Waals surface area (Å²) in [5.74, 6) is 2.17. The van der Waals surface area contributed by atoms with Crippen LogP contribution in [0.4, 0.5) is 0 Å². The molecule has 2 atom stereocenters. The van der Waals surface area contributed by atoms with Crippen LogP contribution in [0.2, 0.25) is 0 Å². The lowest BCUT2D eigenvalue weighted by atomic mass is 9.98. The van der Waals surface area contributed by atoms with Gasteiger partial charge in [-0.1, -0.05) is 15.9 Å². The Morgan fingerprint density at radius 2 is 2.14 bits per heavy atom. The van der Waals surface area contributed by atoms with Crippen LogP contribution in [0.15, 0.2) is 16.6 Å². The minimum atomic E-state index is 0.107. The van der Waals surface area contributed by atoms with Crippen molar-refractivity contribution in [2.75, 3.05) is 27.2 Å². The molecule has 2 rings (SSSR count). The van der Waals surface area contributed by atoms with Crippen LogP contribution < -0.4 is 15.2 Å². The summed E-state index contributed by atoms with van der Waals surface area (Å²) >= 11 is 3.57. The van der Waals surface area contributed by atoms with Crippen molar-refractivity contribution >= 4 is 15.9 Å². The Balaban J connectivity index is 2.43. The number of ether oxygens (including phenoxy) is 2. The first-order valence-corrected chi connectivity index (χ1v) is 8.20. The predicted molar refractivity (Wildman–Crippen MR) is 89.0 cm³/mol. The third-order valence-electron chi connectivity index (χ3n) is 3.95. The fourth-order valence-electron chi connectivity index (χ4n) is 2.99. The number of nitrogens with two attached hydrogens (primary N) is 1. The molecule has 1 aromatic rings. The molecule has 1 aliphatic rings. The van der Waals surface area contributed by atoms with E-state index in [1.165, 1.54) is 5.56 Å². The predicted octanol–water partition coefficient (Wildman–Crippen LogP) is 3.20. The van der Waals surface area contributed by atoms with E-state index in [1.54, 1.807) is 7.11 Å². The van der Waals surface area contributed by atoms with E-state index in [0.717, 1.165) is 35.5 Å². The Labute approximate surface area is 135 Å². The van der Waals surface area contributed by atoms with Gasteiger partial charge in [-0.2, -0.15) is 0 Å². The van der Waals surface area contributed by atoms with Crippen LogP contribution in [0.5, 0.6) is 11.5 Å². The van der Waals surface area contributed by atoms with E-state index in [4.69, 9.17) is 15.2 Å². The van der Waals surface area contributed by atoms with Crippen molar-refractivity contribution in [3.63, 3.8) is 0 Å². The molecule has 118 valence electrons. The average molecular weight is 357 g/mol. The van der Waals surface area contributed by atoms with Gasteiger partial charge >= 0.3 is 0 Å². The molecule has 0 spiro atoms. The van der Waals surface area contributed by atoms with Gasteiger partial charge in [0.15, 0.2) is 11.5 Å². The zero-order valence-electron chi connectivity index (χ0n) is 13.2. The molecule has 21 heavy (non-hydrogen) atoms. The molecule has 1 saturated heterocycles. The van der Waals surface area contributed by atoms with Crippen molar-refractivity contribution in [1.29, 1.82) is 0 Å². The van der Waals surface area contributed by atoms with Crippen molar-refractivity contribution in [3.8, 4) is 11.5 Å². The second-order valence-corrected chi connectivity index (χ2v) is 6.90. The molecular weight excluding hydrogens is 332 g/mol. The average Bonchev–Trinajstić information content (AvgIpc) is 2.81. The van der Waals surface area contributed by atoms with E-state index in [9.17, 15) is 0 Å². The maximum absolute atomic E-state index is 6.05. The third kappa shape index (κ3) is 3.71. The highest BCUT2D eigenvalue weighted by Gasteiger charge is 2.33. The lowest BCUT2D eigenvalue weighted by Crippen LogP contribution is -2.21. The van der Waals surface area contributed by atoms with Crippen molar-refractivity contribution in [2.24, 2.45) is 11.7 Å². The smallest absolute Gasteiger partial charge is 0.166 e. The molecule has 0 aliphatic carbocycles. The van der Waals surface area contributed by atoms with Gasteiger partial charge in [0, 0.05) is 22.6 Å². The van der Waals surface area contributed by atoms with Crippen LogP contribution in [0.1, 0.15) is 31.9 Å². The van der Waals surface area contributed by atoms with Gasteiger partial charge in [0.1, 0.15) is 0 Å². The van der Waals surface area contributed by atoms with Gasteiger partial charge in [-0.25, -0.2) is 0 Å². The van der Waals surface area contributed by atoms with Gasteiger partial charge in [-0.05, 0) is 51.9 Å². The summed E-state index contributed by atoms with van der Waals surface area (Å²) in [6.45, 7) is 5.82. The maximum atomic E-state index is 6.05. The van der Waals surface area contributed by atoms with E-state index in [2.05, 4.69) is 33.9 Å². The van der Waals surface area contributed by atoms with E-state index in [-0.39, 0.29) is 6.10 Å². The highest BCUT2D eigenvalue weighted by Crippen LogP contribution is 2.44. The Morgan fingerprint density at radius 1 is 1.43 bits per heavy atom. The summed E-state index contributed by atoms with van der Waals surface area (Å²) in [5.41, 5.74) is 7.02. The van der Waals surface area contributed by atoms with E-state index >= 15 is 0 Å². The largest absolute Gasteiger partial charge is 0.493 e. The Hall–Kier alpha value is -0.780. The van der Waals surface area contributed by atoms with Gasteiger partial charge in [0.25, 0.3) is 0 Å². The first-order valence-electron chi connectivity index (χ1n) is 7.40. The summed E-state index contributed by atoms with van der Waals surface area (Å²) in [7, 11) is 3.83. The summed E-state index contributed by atoms with van der Waals surface area (Å²) in [6, 6.07) is 4.41. The van der Waals surface area contributed by atoms with Crippen molar-refractivity contribution in [2.45, 2.75) is 32.4 Å². The van der Waals surface area contributed by atoms with Crippen LogP contribution in [0.25, 0.3) is 0 Å². The van der Waals surface area contributed by atoms with Gasteiger partial charge < -0.3 is 15.2 Å². The molecule has 0 saturated carbocycles. The number of hydrogen-bond donors (Lipinski definition) is 1. The second kappa shape index (κ2) is 6.99. The van der Waals surface area contributed by atoms with E-state index in [1.807, 2.05) is 19.9 Å². The number of nitrogens with zero attached hydrogens (tertiary/aromatic N) is 1. The molecule has 2 unspecified atom stereocenters. The topological polar surface area (TPSA) is 47.7 Å². The molecule has 1 aromatic carbocycles. The molecule has 0 aromatic heterocycles. The number of hydrogen-bond acceptors (Lipinski definition) is 4. The number of benzene rings is 1. The lowest BCUT2D eigenvalue weighted by molar-refractivity contribution is 0.219. The van der Waals surface area contributed by atoms with Crippen LogP contribution in [0.3, 0.4) is 0 Å². The van der Waals surface area contributed by atoms with Gasteiger partial charge in [0.05, 0.1) is 13.2 Å². The van der Waals surface area contributed by atoms with Crippen LogP contribution in [-0.2, 0) is 0 Å². The van der Waals surface area contributed by atoms with Gasteiger partial charge in [-0.3, -0.25) is 4.90 Å². The number of rotatable bonds is 5. The summed E-state index contributed by atoms with van der Waals surface area (Å²) in [5, 5.41) is 0. The van der Waals surface area contributed by atoms with Crippen LogP contribution >= 0.6 is 15.9 Å². The maximum Gasteiger partial charge on any atom is 0.166 e. The molecular formula is C16H25BrN2O2. The molecule has 0 radical (unpaired) electrons. The van der Waals surface area contributed by atoms with E-state index < -0.39 is 0 Å². The van der Waals surface area contributed by atoms with Crippen LogP contribution in [-0.4, -0.2) is 38.3 Å². The highest BCUT2D eigenvalue weighted by atomic mass is 79.9. The second-order valence-electron chi connectivity index (χ2n) is 5.99. The molecule has 5 heteroatoms. The third-order valence-corrected chi connectivity index (χ3v) is 4.41. The first-order chi connectivity index (χ1) is 9.96. The molecule has 4 nitrogen and oxygen atoms in total. The zero-order valence-corrected chi connectivity index (χ0v) is 14.8. The fraction of sp³-hybridized carbons (Fsp3) is 0.625. The number of likely N-dealkylation sites (tertiary alicyclic amines) is 1. The summed E-state index contributed by atoms with van der Waals surface area (Å²) < 4.78 is 12.6. The van der Waals surface area contributed by atoms with E-state index in [0.29, 0.717) is 12.0 Å².